The number of para-hydroxylation sites is 1. The maximum atomic E-state index is 12.6. The van der Waals surface area contributed by atoms with E-state index in [0.29, 0.717) is 17.7 Å². The normalized spacial score (nSPS) is 16.8. The first kappa shape index (κ1) is 19.8. The molecule has 0 atom stereocenters. The summed E-state index contributed by atoms with van der Waals surface area (Å²) in [5.41, 5.74) is 6.01. The lowest BCUT2D eigenvalue weighted by atomic mass is 9.99. The average Bonchev–Trinajstić information content (AvgIpc) is 3.32. The predicted molar refractivity (Wildman–Crippen MR) is 123 cm³/mol. The van der Waals surface area contributed by atoms with Crippen LogP contribution in [0.2, 0.25) is 0 Å². The van der Waals surface area contributed by atoms with Gasteiger partial charge in [0.15, 0.2) is 0 Å². The fourth-order valence-electron chi connectivity index (χ4n) is 4.71. The van der Waals surface area contributed by atoms with Crippen LogP contribution in [0.15, 0.2) is 54.7 Å². The third-order valence-electron chi connectivity index (χ3n) is 6.46. The van der Waals surface area contributed by atoms with Crippen LogP contribution in [0.4, 0.5) is 0 Å². The molecule has 0 aliphatic carbocycles. The van der Waals surface area contributed by atoms with E-state index < -0.39 is 0 Å². The molecule has 2 aliphatic rings. The van der Waals surface area contributed by atoms with E-state index in [1.807, 2.05) is 19.1 Å². The van der Waals surface area contributed by atoms with Crippen LogP contribution in [0, 0.1) is 6.92 Å². The quantitative estimate of drug-likeness (QED) is 0.473. The molecule has 0 bridgehead atoms. The first-order chi connectivity index (χ1) is 15.1. The highest BCUT2D eigenvalue weighted by Crippen LogP contribution is 2.29. The number of aromatic amines is 1. The number of imide groups is 1. The topological polar surface area (TPSA) is 56.4 Å². The van der Waals surface area contributed by atoms with Gasteiger partial charge in [0.25, 0.3) is 11.8 Å². The van der Waals surface area contributed by atoms with Crippen molar-refractivity contribution in [3.8, 4) is 0 Å². The molecule has 2 amide bonds. The Kier molecular flexibility index (Phi) is 5.20. The van der Waals surface area contributed by atoms with Gasteiger partial charge in [0.2, 0.25) is 0 Å². The molecule has 0 radical (unpaired) electrons. The minimum absolute atomic E-state index is 0.145. The molecule has 1 aromatic heterocycles. The van der Waals surface area contributed by atoms with Gasteiger partial charge in [0, 0.05) is 42.3 Å². The second-order valence-corrected chi connectivity index (χ2v) is 8.55. The highest BCUT2D eigenvalue weighted by molar-refractivity contribution is 6.21. The molecule has 5 heteroatoms. The standard InChI is InChI=1S/C26H27N3O2/c1-18-8-9-21-22(16-18)26(31)29(25(21)30)13-5-4-12-28-14-10-19(11-15-28)23-17-27-24-7-3-2-6-20(23)24/h2-3,6-10,16-17,27H,4-5,11-15H2,1H3. The fraction of sp³-hybridized carbons (Fsp3) is 0.308. The number of benzene rings is 2. The van der Waals surface area contributed by atoms with Crippen LogP contribution in [0.5, 0.6) is 0 Å². The van der Waals surface area contributed by atoms with Crippen LogP contribution in [-0.4, -0.2) is 52.8 Å². The van der Waals surface area contributed by atoms with Gasteiger partial charge in [-0.1, -0.05) is 35.9 Å². The van der Waals surface area contributed by atoms with E-state index >= 15 is 0 Å². The van der Waals surface area contributed by atoms with Gasteiger partial charge in [-0.15, -0.1) is 0 Å². The van der Waals surface area contributed by atoms with Crippen molar-refractivity contribution in [2.45, 2.75) is 26.2 Å². The molecule has 0 spiro atoms. The lowest BCUT2D eigenvalue weighted by Gasteiger charge is -2.26. The van der Waals surface area contributed by atoms with E-state index in [-0.39, 0.29) is 11.8 Å². The van der Waals surface area contributed by atoms with Crippen molar-refractivity contribution in [2.24, 2.45) is 0 Å². The highest BCUT2D eigenvalue weighted by Gasteiger charge is 2.34. The van der Waals surface area contributed by atoms with Gasteiger partial charge in [-0.2, -0.15) is 0 Å². The van der Waals surface area contributed by atoms with E-state index in [9.17, 15) is 9.59 Å². The Morgan fingerprint density at radius 3 is 2.58 bits per heavy atom. The number of rotatable bonds is 6. The summed E-state index contributed by atoms with van der Waals surface area (Å²) >= 11 is 0. The molecular formula is C26H27N3O2. The first-order valence-corrected chi connectivity index (χ1v) is 11.1. The van der Waals surface area contributed by atoms with Crippen molar-refractivity contribution in [1.82, 2.24) is 14.8 Å². The summed E-state index contributed by atoms with van der Waals surface area (Å²) in [7, 11) is 0. The number of nitrogens with zero attached hydrogens (tertiary/aromatic N) is 2. The second-order valence-electron chi connectivity index (χ2n) is 8.55. The third-order valence-corrected chi connectivity index (χ3v) is 6.46. The Labute approximate surface area is 182 Å². The molecule has 0 unspecified atom stereocenters. The number of hydrogen-bond acceptors (Lipinski definition) is 3. The van der Waals surface area contributed by atoms with Gasteiger partial charge >= 0.3 is 0 Å². The number of unbranched alkanes of at least 4 members (excludes halogenated alkanes) is 1. The van der Waals surface area contributed by atoms with Crippen molar-refractivity contribution in [3.05, 3.63) is 77.0 Å². The molecule has 0 fully saturated rings. The molecular weight excluding hydrogens is 386 g/mol. The van der Waals surface area contributed by atoms with E-state index in [1.54, 1.807) is 6.07 Å². The second kappa shape index (κ2) is 8.16. The summed E-state index contributed by atoms with van der Waals surface area (Å²) in [5.74, 6) is -0.294. The maximum absolute atomic E-state index is 12.6. The van der Waals surface area contributed by atoms with E-state index in [4.69, 9.17) is 0 Å². The zero-order chi connectivity index (χ0) is 21.4. The molecule has 3 aromatic rings. The van der Waals surface area contributed by atoms with Crippen molar-refractivity contribution >= 4 is 28.3 Å². The summed E-state index contributed by atoms with van der Waals surface area (Å²) in [6, 6.07) is 13.9. The number of fused-ring (bicyclic) bond motifs is 2. The zero-order valence-electron chi connectivity index (χ0n) is 17.9. The molecule has 2 aromatic carbocycles. The number of aryl methyl sites for hydroxylation is 1. The minimum Gasteiger partial charge on any atom is -0.361 e. The van der Waals surface area contributed by atoms with Crippen LogP contribution in [0.3, 0.4) is 0 Å². The average molecular weight is 414 g/mol. The van der Waals surface area contributed by atoms with Gasteiger partial charge in [-0.3, -0.25) is 19.4 Å². The number of carbonyl (C=O) groups is 2. The Morgan fingerprint density at radius 1 is 0.935 bits per heavy atom. The number of nitrogens with one attached hydrogen (secondary N) is 1. The molecule has 0 saturated carbocycles. The first-order valence-electron chi connectivity index (χ1n) is 11.1. The molecule has 158 valence electrons. The fourth-order valence-corrected chi connectivity index (χ4v) is 4.71. The van der Waals surface area contributed by atoms with Gasteiger partial charge in [0.05, 0.1) is 11.1 Å². The number of amides is 2. The Morgan fingerprint density at radius 2 is 1.74 bits per heavy atom. The van der Waals surface area contributed by atoms with Crippen molar-refractivity contribution < 1.29 is 9.59 Å². The smallest absolute Gasteiger partial charge is 0.261 e. The Bertz CT molecular complexity index is 1190. The van der Waals surface area contributed by atoms with Crippen LogP contribution in [0.25, 0.3) is 16.5 Å². The number of hydrogen-bond donors (Lipinski definition) is 1. The van der Waals surface area contributed by atoms with Crippen LogP contribution in [0.1, 0.15) is 51.1 Å². The van der Waals surface area contributed by atoms with Crippen LogP contribution < -0.4 is 0 Å². The zero-order valence-corrected chi connectivity index (χ0v) is 17.9. The number of carbonyl (C=O) groups excluding carboxylic acids is 2. The van der Waals surface area contributed by atoms with Crippen molar-refractivity contribution in [2.75, 3.05) is 26.2 Å². The van der Waals surface area contributed by atoms with Crippen molar-refractivity contribution in [1.29, 1.82) is 0 Å². The largest absolute Gasteiger partial charge is 0.361 e. The molecule has 1 N–H and O–H groups in total. The monoisotopic (exact) mass is 413 g/mol. The molecule has 3 heterocycles. The maximum Gasteiger partial charge on any atom is 0.261 e. The summed E-state index contributed by atoms with van der Waals surface area (Å²) in [4.78, 5) is 32.4. The number of aromatic nitrogens is 1. The number of H-pyrrole nitrogens is 1. The summed E-state index contributed by atoms with van der Waals surface area (Å²) < 4.78 is 0. The molecule has 2 aliphatic heterocycles. The Balaban J connectivity index is 1.12. The SMILES string of the molecule is Cc1ccc2c(c1)C(=O)N(CCCCN1CC=C(c3c[nH]c4ccccc34)CC1)C2=O. The van der Waals surface area contributed by atoms with E-state index in [2.05, 4.69) is 46.4 Å². The van der Waals surface area contributed by atoms with Gasteiger partial charge in [-0.05, 0) is 56.5 Å². The van der Waals surface area contributed by atoms with Gasteiger partial charge < -0.3 is 4.98 Å². The molecule has 5 rings (SSSR count). The van der Waals surface area contributed by atoms with Gasteiger partial charge in [-0.25, -0.2) is 0 Å². The van der Waals surface area contributed by atoms with Gasteiger partial charge in [0.1, 0.15) is 0 Å². The minimum atomic E-state index is -0.149. The Hall–Kier alpha value is -3.18. The molecule has 5 nitrogen and oxygen atoms in total. The summed E-state index contributed by atoms with van der Waals surface area (Å²) in [6.07, 6.45) is 7.31. The molecule has 0 saturated heterocycles. The molecule has 31 heavy (non-hydrogen) atoms. The van der Waals surface area contributed by atoms with E-state index in [0.717, 1.165) is 44.5 Å². The van der Waals surface area contributed by atoms with Crippen molar-refractivity contribution in [3.63, 3.8) is 0 Å². The third kappa shape index (κ3) is 3.70. The summed E-state index contributed by atoms with van der Waals surface area (Å²) in [5, 5.41) is 1.29. The highest BCUT2D eigenvalue weighted by atomic mass is 16.2. The summed E-state index contributed by atoms with van der Waals surface area (Å²) in [6.45, 7) is 5.41. The lowest BCUT2D eigenvalue weighted by molar-refractivity contribution is 0.0650. The van der Waals surface area contributed by atoms with Crippen LogP contribution in [-0.2, 0) is 0 Å². The predicted octanol–water partition coefficient (Wildman–Crippen LogP) is 4.64. The van der Waals surface area contributed by atoms with E-state index in [1.165, 1.54) is 26.9 Å². The van der Waals surface area contributed by atoms with Crippen LogP contribution >= 0.6 is 0 Å². The lowest BCUT2D eigenvalue weighted by Crippen LogP contribution is -2.32.